The molecule has 3 rings (SSSR count). The molecule has 0 aliphatic carbocycles. The minimum absolute atomic E-state index is 0.197. The highest BCUT2D eigenvalue weighted by Gasteiger charge is 2.16. The zero-order chi connectivity index (χ0) is 17.8. The summed E-state index contributed by atoms with van der Waals surface area (Å²) in [4.78, 5) is 12.8. The number of aryl methyl sites for hydroxylation is 1. The average Bonchev–Trinajstić information content (AvgIpc) is 2.64. The molecule has 0 fully saturated rings. The molecule has 0 radical (unpaired) electrons. The van der Waals surface area contributed by atoms with Gasteiger partial charge in [0.15, 0.2) is 0 Å². The standard InChI is InChI=1S/C20H18ClN3O/c1-3-17-18(14-9-6-5-7-10-14)23-24(4-2)20(25)19(17)22-16-12-8-11-15(21)13-16/h3,5-13,22H,1,4H2,2H3. The van der Waals surface area contributed by atoms with Crippen LogP contribution in [0.25, 0.3) is 17.3 Å². The number of benzene rings is 2. The number of halogens is 1. The summed E-state index contributed by atoms with van der Waals surface area (Å²) in [6.07, 6.45) is 1.66. The Bertz CT molecular complexity index is 964. The zero-order valence-corrected chi connectivity index (χ0v) is 14.6. The maximum atomic E-state index is 12.8. The van der Waals surface area contributed by atoms with Gasteiger partial charge in [0.1, 0.15) is 11.4 Å². The lowest BCUT2D eigenvalue weighted by atomic mass is 10.0. The van der Waals surface area contributed by atoms with Crippen molar-refractivity contribution in [3.05, 3.63) is 82.1 Å². The molecule has 25 heavy (non-hydrogen) atoms. The Morgan fingerprint density at radius 2 is 1.96 bits per heavy atom. The third kappa shape index (κ3) is 3.49. The maximum Gasteiger partial charge on any atom is 0.291 e. The molecule has 0 atom stereocenters. The Hall–Kier alpha value is -2.85. The SMILES string of the molecule is C=Cc1c(-c2ccccc2)nn(CC)c(=O)c1Nc1cccc(Cl)c1. The van der Waals surface area contributed by atoms with Crippen LogP contribution in [0.1, 0.15) is 12.5 Å². The Labute approximate surface area is 151 Å². The van der Waals surface area contributed by atoms with E-state index in [4.69, 9.17) is 11.6 Å². The molecule has 2 aromatic carbocycles. The van der Waals surface area contributed by atoms with Gasteiger partial charge in [0.05, 0.1) is 0 Å². The van der Waals surface area contributed by atoms with Gasteiger partial charge in [-0.15, -0.1) is 0 Å². The van der Waals surface area contributed by atoms with Crippen LogP contribution in [-0.4, -0.2) is 9.78 Å². The van der Waals surface area contributed by atoms with Crippen molar-refractivity contribution in [1.29, 1.82) is 0 Å². The summed E-state index contributed by atoms with van der Waals surface area (Å²) < 4.78 is 1.45. The van der Waals surface area contributed by atoms with Crippen molar-refractivity contribution in [3.8, 4) is 11.3 Å². The van der Waals surface area contributed by atoms with E-state index in [0.717, 1.165) is 11.3 Å². The van der Waals surface area contributed by atoms with Gasteiger partial charge in [-0.2, -0.15) is 5.10 Å². The Kier molecular flexibility index (Phi) is 5.00. The summed E-state index contributed by atoms with van der Waals surface area (Å²) in [7, 11) is 0. The monoisotopic (exact) mass is 351 g/mol. The second-order valence-electron chi connectivity index (χ2n) is 5.46. The molecule has 0 unspecified atom stereocenters. The number of nitrogens with zero attached hydrogens (tertiary/aromatic N) is 2. The largest absolute Gasteiger partial charge is 0.350 e. The van der Waals surface area contributed by atoms with Crippen molar-refractivity contribution in [1.82, 2.24) is 9.78 Å². The third-order valence-corrected chi connectivity index (χ3v) is 4.07. The van der Waals surface area contributed by atoms with Gasteiger partial charge >= 0.3 is 0 Å². The molecule has 126 valence electrons. The Morgan fingerprint density at radius 3 is 2.60 bits per heavy atom. The molecule has 3 aromatic rings. The van der Waals surface area contributed by atoms with E-state index in [9.17, 15) is 4.79 Å². The Morgan fingerprint density at radius 1 is 1.20 bits per heavy atom. The quantitative estimate of drug-likeness (QED) is 0.706. The summed E-state index contributed by atoms with van der Waals surface area (Å²) in [6.45, 7) is 6.24. The third-order valence-electron chi connectivity index (χ3n) is 3.84. The second-order valence-corrected chi connectivity index (χ2v) is 5.90. The van der Waals surface area contributed by atoms with Crippen LogP contribution >= 0.6 is 11.6 Å². The summed E-state index contributed by atoms with van der Waals surface area (Å²) in [5, 5.41) is 8.30. The van der Waals surface area contributed by atoms with Crippen LogP contribution in [0.15, 0.2) is 66.0 Å². The van der Waals surface area contributed by atoms with Gasteiger partial charge in [0, 0.05) is 28.4 Å². The van der Waals surface area contributed by atoms with Crippen molar-refractivity contribution in [2.45, 2.75) is 13.5 Å². The van der Waals surface area contributed by atoms with E-state index in [0.29, 0.717) is 28.5 Å². The number of nitrogens with one attached hydrogen (secondary N) is 1. The van der Waals surface area contributed by atoms with Crippen molar-refractivity contribution >= 4 is 29.1 Å². The van der Waals surface area contributed by atoms with Gasteiger partial charge in [-0.3, -0.25) is 4.79 Å². The summed E-state index contributed by atoms with van der Waals surface area (Å²) in [6, 6.07) is 17.0. The van der Waals surface area contributed by atoms with Crippen molar-refractivity contribution < 1.29 is 0 Å². The zero-order valence-electron chi connectivity index (χ0n) is 13.9. The minimum atomic E-state index is -0.197. The first-order valence-corrected chi connectivity index (χ1v) is 8.37. The number of aromatic nitrogens is 2. The second kappa shape index (κ2) is 7.36. The molecule has 0 aliphatic rings. The summed E-state index contributed by atoms with van der Waals surface area (Å²) >= 11 is 6.05. The first-order chi connectivity index (χ1) is 12.1. The first kappa shape index (κ1) is 17.0. The van der Waals surface area contributed by atoms with Crippen molar-refractivity contribution in [3.63, 3.8) is 0 Å². The highest BCUT2D eigenvalue weighted by atomic mass is 35.5. The number of hydrogen-bond donors (Lipinski definition) is 1. The topological polar surface area (TPSA) is 46.9 Å². The van der Waals surface area contributed by atoms with E-state index in [1.807, 2.05) is 49.4 Å². The van der Waals surface area contributed by atoms with Gasteiger partial charge in [0.2, 0.25) is 0 Å². The average molecular weight is 352 g/mol. The van der Waals surface area contributed by atoms with Gasteiger partial charge in [-0.1, -0.05) is 60.7 Å². The van der Waals surface area contributed by atoms with E-state index in [1.54, 1.807) is 18.2 Å². The lowest BCUT2D eigenvalue weighted by Crippen LogP contribution is -2.26. The van der Waals surface area contributed by atoms with E-state index in [-0.39, 0.29) is 5.56 Å². The molecule has 1 heterocycles. The van der Waals surface area contributed by atoms with Crippen LogP contribution < -0.4 is 10.9 Å². The lowest BCUT2D eigenvalue weighted by molar-refractivity contribution is 0.620. The molecule has 4 nitrogen and oxygen atoms in total. The number of hydrogen-bond acceptors (Lipinski definition) is 3. The molecule has 5 heteroatoms. The minimum Gasteiger partial charge on any atom is -0.350 e. The van der Waals surface area contributed by atoms with Gasteiger partial charge in [-0.05, 0) is 25.1 Å². The summed E-state index contributed by atoms with van der Waals surface area (Å²) in [5.41, 5.74) is 3.28. The molecule has 0 spiro atoms. The maximum absolute atomic E-state index is 12.8. The molecule has 0 amide bonds. The molecule has 0 bridgehead atoms. The lowest BCUT2D eigenvalue weighted by Gasteiger charge is -2.15. The molecule has 0 aliphatic heterocycles. The molecular formula is C20H18ClN3O. The normalized spacial score (nSPS) is 10.5. The fourth-order valence-corrected chi connectivity index (χ4v) is 2.83. The van der Waals surface area contributed by atoms with E-state index < -0.39 is 0 Å². The molecule has 0 saturated carbocycles. The molecule has 1 N–H and O–H groups in total. The fraction of sp³-hybridized carbons (Fsp3) is 0.100. The summed E-state index contributed by atoms with van der Waals surface area (Å²) in [5.74, 6) is 0. The van der Waals surface area contributed by atoms with Crippen molar-refractivity contribution in [2.24, 2.45) is 0 Å². The van der Waals surface area contributed by atoms with Gasteiger partial charge in [0.25, 0.3) is 5.56 Å². The molecule has 1 aromatic heterocycles. The smallest absolute Gasteiger partial charge is 0.291 e. The Balaban J connectivity index is 2.22. The highest BCUT2D eigenvalue weighted by Crippen LogP contribution is 2.28. The van der Waals surface area contributed by atoms with Crippen LogP contribution in [0.3, 0.4) is 0 Å². The van der Waals surface area contributed by atoms with E-state index in [2.05, 4.69) is 17.0 Å². The van der Waals surface area contributed by atoms with E-state index >= 15 is 0 Å². The number of rotatable bonds is 5. The van der Waals surface area contributed by atoms with Gasteiger partial charge in [-0.25, -0.2) is 4.68 Å². The number of anilines is 2. The highest BCUT2D eigenvalue weighted by molar-refractivity contribution is 6.30. The molecular weight excluding hydrogens is 334 g/mol. The predicted molar refractivity (Wildman–Crippen MR) is 104 cm³/mol. The van der Waals surface area contributed by atoms with Crippen LogP contribution in [0.5, 0.6) is 0 Å². The molecule has 0 saturated heterocycles. The predicted octanol–water partition coefficient (Wildman–Crippen LogP) is 4.97. The fourth-order valence-electron chi connectivity index (χ4n) is 2.64. The first-order valence-electron chi connectivity index (χ1n) is 7.99. The van der Waals surface area contributed by atoms with Crippen LogP contribution in [0, 0.1) is 0 Å². The van der Waals surface area contributed by atoms with Crippen LogP contribution in [-0.2, 0) is 6.54 Å². The van der Waals surface area contributed by atoms with Crippen LogP contribution in [0.2, 0.25) is 5.02 Å². The van der Waals surface area contributed by atoms with Crippen LogP contribution in [0.4, 0.5) is 11.4 Å². The van der Waals surface area contributed by atoms with E-state index in [1.165, 1.54) is 4.68 Å². The van der Waals surface area contributed by atoms with Gasteiger partial charge < -0.3 is 5.32 Å². The van der Waals surface area contributed by atoms with Crippen molar-refractivity contribution in [2.75, 3.05) is 5.32 Å².